The first kappa shape index (κ1) is 20.1. The average Bonchev–Trinajstić information content (AvgIpc) is 3.17. The van der Waals surface area contributed by atoms with Crippen molar-refractivity contribution in [3.8, 4) is 0 Å². The van der Waals surface area contributed by atoms with Gasteiger partial charge in [0.2, 0.25) is 11.8 Å². The van der Waals surface area contributed by atoms with Gasteiger partial charge in [-0.15, -0.1) is 0 Å². The van der Waals surface area contributed by atoms with E-state index in [1.165, 1.54) is 0 Å². The second-order valence-electron chi connectivity index (χ2n) is 7.02. The minimum atomic E-state index is -0.0779. The maximum Gasteiger partial charge on any atom is 0.238 e. The molecule has 2 N–H and O–H groups in total. The van der Waals surface area contributed by atoms with E-state index < -0.39 is 0 Å². The Morgan fingerprint density at radius 2 is 1.74 bits per heavy atom. The summed E-state index contributed by atoms with van der Waals surface area (Å²) >= 11 is 6.07. The Morgan fingerprint density at radius 1 is 1.07 bits per heavy atom. The molecule has 2 saturated heterocycles. The fourth-order valence-electron chi connectivity index (χ4n) is 3.35. The van der Waals surface area contributed by atoms with Crippen molar-refractivity contribution in [3.05, 3.63) is 29.3 Å². The summed E-state index contributed by atoms with van der Waals surface area (Å²) in [5.74, 6) is -0.0405. The third-order valence-corrected chi connectivity index (χ3v) is 5.23. The van der Waals surface area contributed by atoms with Gasteiger partial charge in [-0.2, -0.15) is 0 Å². The Hall–Kier alpha value is -1.67. The van der Waals surface area contributed by atoms with Gasteiger partial charge in [-0.3, -0.25) is 19.4 Å². The normalized spacial score (nSPS) is 21.1. The Morgan fingerprint density at radius 3 is 2.37 bits per heavy atom. The number of nitrogens with one attached hydrogen (secondary N) is 2. The first-order valence-electron chi connectivity index (χ1n) is 9.47. The van der Waals surface area contributed by atoms with E-state index in [1.807, 2.05) is 12.1 Å². The van der Waals surface area contributed by atoms with Crippen LogP contribution in [0.1, 0.15) is 12.8 Å². The molecule has 0 aliphatic carbocycles. The van der Waals surface area contributed by atoms with E-state index in [0.717, 1.165) is 45.6 Å². The van der Waals surface area contributed by atoms with Crippen LogP contribution in [0.5, 0.6) is 0 Å². The molecule has 1 aromatic rings. The molecule has 3 rings (SSSR count). The molecule has 0 radical (unpaired) electrons. The summed E-state index contributed by atoms with van der Waals surface area (Å²) in [4.78, 5) is 28.5. The number of benzene rings is 1. The van der Waals surface area contributed by atoms with Crippen LogP contribution in [-0.4, -0.2) is 80.1 Å². The lowest BCUT2D eigenvalue weighted by atomic mass is 10.2. The highest BCUT2D eigenvalue weighted by molar-refractivity contribution is 6.33. The summed E-state index contributed by atoms with van der Waals surface area (Å²) in [6.07, 6.45) is 2.27. The number of nitrogens with zero attached hydrogens (tertiary/aromatic N) is 2. The molecule has 148 valence electrons. The van der Waals surface area contributed by atoms with E-state index in [1.54, 1.807) is 12.1 Å². The molecule has 27 heavy (non-hydrogen) atoms. The number of hydrogen-bond acceptors (Lipinski definition) is 5. The number of halogens is 1. The Labute approximate surface area is 165 Å². The second-order valence-corrected chi connectivity index (χ2v) is 7.43. The molecule has 2 aliphatic rings. The number of ether oxygens (including phenoxy) is 1. The zero-order valence-corrected chi connectivity index (χ0v) is 16.2. The van der Waals surface area contributed by atoms with Gasteiger partial charge in [-0.25, -0.2) is 0 Å². The van der Waals surface area contributed by atoms with Gasteiger partial charge in [-0.05, 0) is 25.0 Å². The van der Waals surface area contributed by atoms with Crippen molar-refractivity contribution in [2.75, 3.05) is 57.7 Å². The summed E-state index contributed by atoms with van der Waals surface area (Å²) in [6, 6.07) is 7.20. The van der Waals surface area contributed by atoms with Gasteiger partial charge in [0.15, 0.2) is 0 Å². The van der Waals surface area contributed by atoms with Crippen LogP contribution >= 0.6 is 11.6 Å². The molecule has 0 spiro atoms. The molecule has 0 aromatic heterocycles. The minimum Gasteiger partial charge on any atom is -0.376 e. The predicted octanol–water partition coefficient (Wildman–Crippen LogP) is 1.19. The van der Waals surface area contributed by atoms with Crippen molar-refractivity contribution >= 4 is 29.1 Å². The predicted molar refractivity (Wildman–Crippen MR) is 105 cm³/mol. The molecular formula is C19H27ClN4O3. The number of para-hydroxylation sites is 1. The first-order valence-corrected chi connectivity index (χ1v) is 9.85. The second kappa shape index (κ2) is 10.0. The molecule has 7 nitrogen and oxygen atoms in total. The van der Waals surface area contributed by atoms with Crippen molar-refractivity contribution in [2.45, 2.75) is 18.9 Å². The van der Waals surface area contributed by atoms with Crippen molar-refractivity contribution in [3.63, 3.8) is 0 Å². The lowest BCUT2D eigenvalue weighted by Crippen LogP contribution is -2.51. The van der Waals surface area contributed by atoms with E-state index in [0.29, 0.717) is 30.3 Å². The zero-order valence-electron chi connectivity index (χ0n) is 15.5. The number of amides is 2. The standard InChI is InChI=1S/C19H27ClN4O3/c20-16-5-1-2-6-17(16)22-19(26)14-24-9-7-23(8-10-24)13-18(25)21-12-15-4-3-11-27-15/h1-2,5-6,15H,3-4,7-14H2,(H,21,25)(H,22,26). The summed E-state index contributed by atoms with van der Waals surface area (Å²) in [7, 11) is 0. The lowest BCUT2D eigenvalue weighted by Gasteiger charge is -2.33. The molecule has 2 amide bonds. The van der Waals surface area contributed by atoms with Gasteiger partial charge < -0.3 is 15.4 Å². The van der Waals surface area contributed by atoms with Crippen molar-refractivity contribution in [1.82, 2.24) is 15.1 Å². The van der Waals surface area contributed by atoms with Crippen LogP contribution in [0.25, 0.3) is 0 Å². The maximum atomic E-state index is 12.2. The summed E-state index contributed by atoms with van der Waals surface area (Å²) in [6.45, 7) is 5.17. The van der Waals surface area contributed by atoms with Gasteiger partial charge in [-0.1, -0.05) is 23.7 Å². The van der Waals surface area contributed by atoms with Crippen LogP contribution in [0.3, 0.4) is 0 Å². The summed E-state index contributed by atoms with van der Waals surface area (Å²) < 4.78 is 5.51. The molecule has 0 bridgehead atoms. The van der Waals surface area contributed by atoms with E-state index in [2.05, 4.69) is 20.4 Å². The molecule has 2 fully saturated rings. The van der Waals surface area contributed by atoms with Gasteiger partial charge in [0, 0.05) is 39.3 Å². The topological polar surface area (TPSA) is 73.9 Å². The summed E-state index contributed by atoms with van der Waals surface area (Å²) in [5, 5.41) is 6.33. The SMILES string of the molecule is O=C(CN1CCN(CC(=O)Nc2ccccc2Cl)CC1)NCC1CCCO1. The van der Waals surface area contributed by atoms with E-state index in [4.69, 9.17) is 16.3 Å². The number of piperazine rings is 1. The van der Waals surface area contributed by atoms with Gasteiger partial charge in [0.05, 0.1) is 29.9 Å². The molecule has 8 heteroatoms. The van der Waals surface area contributed by atoms with Gasteiger partial charge >= 0.3 is 0 Å². The quantitative estimate of drug-likeness (QED) is 0.726. The summed E-state index contributed by atoms with van der Waals surface area (Å²) in [5.41, 5.74) is 0.630. The van der Waals surface area contributed by atoms with E-state index in [9.17, 15) is 9.59 Å². The highest BCUT2D eigenvalue weighted by Crippen LogP contribution is 2.20. The largest absolute Gasteiger partial charge is 0.376 e. The Bertz CT molecular complexity index is 644. The molecule has 1 aromatic carbocycles. The molecule has 2 heterocycles. The Balaban J connectivity index is 1.33. The third kappa shape index (κ3) is 6.46. The third-order valence-electron chi connectivity index (χ3n) is 4.90. The van der Waals surface area contributed by atoms with Crippen LogP contribution in [0.2, 0.25) is 5.02 Å². The van der Waals surface area contributed by atoms with Crippen molar-refractivity contribution < 1.29 is 14.3 Å². The fraction of sp³-hybridized carbons (Fsp3) is 0.579. The van der Waals surface area contributed by atoms with Crippen LogP contribution < -0.4 is 10.6 Å². The monoisotopic (exact) mass is 394 g/mol. The zero-order chi connectivity index (χ0) is 19.1. The average molecular weight is 395 g/mol. The lowest BCUT2D eigenvalue weighted by molar-refractivity contribution is -0.124. The van der Waals surface area contributed by atoms with Gasteiger partial charge in [0.1, 0.15) is 0 Å². The number of anilines is 1. The smallest absolute Gasteiger partial charge is 0.238 e. The van der Waals surface area contributed by atoms with Gasteiger partial charge in [0.25, 0.3) is 0 Å². The molecule has 1 atom stereocenters. The van der Waals surface area contributed by atoms with E-state index >= 15 is 0 Å². The highest BCUT2D eigenvalue weighted by Gasteiger charge is 2.22. The maximum absolute atomic E-state index is 12.2. The van der Waals surface area contributed by atoms with Crippen LogP contribution in [0.4, 0.5) is 5.69 Å². The molecule has 1 unspecified atom stereocenters. The number of hydrogen-bond donors (Lipinski definition) is 2. The van der Waals surface area contributed by atoms with Crippen LogP contribution in [-0.2, 0) is 14.3 Å². The first-order chi connectivity index (χ1) is 13.1. The number of carbonyl (C=O) groups is 2. The Kier molecular flexibility index (Phi) is 7.46. The van der Waals surface area contributed by atoms with Crippen LogP contribution in [0, 0.1) is 0 Å². The van der Waals surface area contributed by atoms with Crippen molar-refractivity contribution in [2.24, 2.45) is 0 Å². The van der Waals surface area contributed by atoms with Crippen molar-refractivity contribution in [1.29, 1.82) is 0 Å². The molecular weight excluding hydrogens is 368 g/mol. The number of rotatable bonds is 7. The fourth-order valence-corrected chi connectivity index (χ4v) is 3.54. The molecule has 0 saturated carbocycles. The van der Waals surface area contributed by atoms with E-state index in [-0.39, 0.29) is 17.9 Å². The highest BCUT2D eigenvalue weighted by atomic mass is 35.5. The number of carbonyl (C=O) groups excluding carboxylic acids is 2. The molecule has 2 aliphatic heterocycles. The minimum absolute atomic E-state index is 0.0374. The van der Waals surface area contributed by atoms with Crippen LogP contribution in [0.15, 0.2) is 24.3 Å².